The predicted molar refractivity (Wildman–Crippen MR) is 62.7 cm³/mol. The third-order valence-electron chi connectivity index (χ3n) is 2.83. The van der Waals surface area contributed by atoms with Crippen LogP contribution in [0.1, 0.15) is 18.4 Å². The van der Waals surface area contributed by atoms with E-state index in [9.17, 15) is 9.18 Å². The minimum atomic E-state index is -0.316. The summed E-state index contributed by atoms with van der Waals surface area (Å²) >= 11 is 0. The summed E-state index contributed by atoms with van der Waals surface area (Å²) in [5.74, 6) is 0.662. The number of hydrogen-bond acceptors (Lipinski definition) is 2. The molecule has 0 spiro atoms. The van der Waals surface area contributed by atoms with Crippen LogP contribution in [0.2, 0.25) is 0 Å². The summed E-state index contributed by atoms with van der Waals surface area (Å²) in [6.45, 7) is 0. The number of aliphatic imine (C=N–C) groups is 1. The molecular weight excluding hydrogens is 219 g/mol. The Hall–Kier alpha value is -1.97. The van der Waals surface area contributed by atoms with E-state index in [1.165, 1.54) is 12.1 Å². The smallest absolute Gasteiger partial charge is 0.275 e. The fourth-order valence-electron chi connectivity index (χ4n) is 1.79. The first-order chi connectivity index (χ1) is 8.22. The number of carbonyl (C=O) groups is 1. The van der Waals surface area contributed by atoms with Crippen molar-refractivity contribution >= 4 is 17.8 Å². The zero-order chi connectivity index (χ0) is 11.8. The summed E-state index contributed by atoms with van der Waals surface area (Å²) in [6, 6.07) is 6.11. The summed E-state index contributed by atoms with van der Waals surface area (Å²) < 4.78 is 13.0. The van der Waals surface area contributed by atoms with Crippen LogP contribution in [-0.2, 0) is 4.79 Å². The Bertz CT molecular complexity index is 544. The highest BCUT2D eigenvalue weighted by Gasteiger charge is 2.33. The van der Waals surface area contributed by atoms with Gasteiger partial charge in [0.2, 0.25) is 0 Å². The molecule has 1 N–H and O–H groups in total. The molecule has 1 saturated carbocycles. The van der Waals surface area contributed by atoms with Crippen LogP contribution in [0.25, 0.3) is 6.08 Å². The lowest BCUT2D eigenvalue weighted by Crippen LogP contribution is -2.25. The van der Waals surface area contributed by atoms with Crippen LogP contribution in [-0.4, -0.2) is 11.7 Å². The topological polar surface area (TPSA) is 41.5 Å². The molecule has 0 saturated heterocycles. The summed E-state index contributed by atoms with van der Waals surface area (Å²) in [6.07, 6.45) is 3.78. The molecule has 4 heteroatoms. The van der Waals surface area contributed by atoms with Gasteiger partial charge in [0.25, 0.3) is 5.91 Å². The highest BCUT2D eigenvalue weighted by atomic mass is 19.1. The van der Waals surface area contributed by atoms with Crippen LogP contribution in [0.5, 0.6) is 0 Å². The van der Waals surface area contributed by atoms with E-state index in [-0.39, 0.29) is 11.7 Å². The zero-order valence-electron chi connectivity index (χ0n) is 9.11. The van der Waals surface area contributed by atoms with Gasteiger partial charge in [-0.3, -0.25) is 4.79 Å². The molecule has 86 valence electrons. The summed E-state index contributed by atoms with van der Waals surface area (Å²) in [5, 5.41) is 2.75. The number of benzene rings is 1. The van der Waals surface area contributed by atoms with Gasteiger partial charge in [-0.15, -0.1) is 0 Å². The van der Waals surface area contributed by atoms with E-state index in [0.29, 0.717) is 17.2 Å². The Morgan fingerprint density at radius 2 is 2.24 bits per heavy atom. The molecule has 1 aliphatic heterocycles. The van der Waals surface area contributed by atoms with Gasteiger partial charge < -0.3 is 5.32 Å². The van der Waals surface area contributed by atoms with Gasteiger partial charge in [-0.2, -0.15) is 0 Å². The molecule has 2 aliphatic rings. The molecule has 0 bridgehead atoms. The normalized spacial score (nSPS) is 21.6. The number of rotatable bonds is 2. The second-order valence-corrected chi connectivity index (χ2v) is 4.31. The van der Waals surface area contributed by atoms with E-state index in [2.05, 4.69) is 10.3 Å². The first kappa shape index (κ1) is 10.2. The molecule has 0 unspecified atom stereocenters. The third-order valence-corrected chi connectivity index (χ3v) is 2.83. The van der Waals surface area contributed by atoms with E-state index < -0.39 is 0 Å². The van der Waals surface area contributed by atoms with Gasteiger partial charge in [-0.25, -0.2) is 9.38 Å². The lowest BCUT2D eigenvalue weighted by molar-refractivity contribution is -0.115. The highest BCUT2D eigenvalue weighted by Crippen LogP contribution is 2.32. The molecule has 0 atom stereocenters. The third kappa shape index (κ3) is 2.11. The Balaban J connectivity index is 1.90. The van der Waals surface area contributed by atoms with Gasteiger partial charge >= 0.3 is 0 Å². The van der Waals surface area contributed by atoms with Crippen LogP contribution in [0, 0.1) is 11.7 Å². The SMILES string of the molecule is O=C1NC(C2CC2)=N/C1=C/c1cccc(F)c1. The highest BCUT2D eigenvalue weighted by molar-refractivity contribution is 6.15. The van der Waals surface area contributed by atoms with Gasteiger partial charge in [0.15, 0.2) is 0 Å². The Labute approximate surface area is 98.1 Å². The fourth-order valence-corrected chi connectivity index (χ4v) is 1.79. The van der Waals surface area contributed by atoms with E-state index >= 15 is 0 Å². The Morgan fingerprint density at radius 3 is 2.94 bits per heavy atom. The van der Waals surface area contributed by atoms with Gasteiger partial charge in [0, 0.05) is 5.92 Å². The number of hydrogen-bond donors (Lipinski definition) is 1. The second-order valence-electron chi connectivity index (χ2n) is 4.31. The number of nitrogens with one attached hydrogen (secondary N) is 1. The molecule has 1 fully saturated rings. The molecule has 1 aromatic rings. The minimum Gasteiger partial charge on any atom is -0.308 e. The maximum absolute atomic E-state index is 13.0. The van der Waals surface area contributed by atoms with Crippen LogP contribution >= 0.6 is 0 Å². The first-order valence-electron chi connectivity index (χ1n) is 5.59. The molecule has 0 radical (unpaired) electrons. The van der Waals surface area contributed by atoms with Crippen molar-refractivity contribution in [2.75, 3.05) is 0 Å². The number of carbonyl (C=O) groups excluding carboxylic acids is 1. The lowest BCUT2D eigenvalue weighted by atomic mass is 10.2. The predicted octanol–water partition coefficient (Wildman–Crippen LogP) is 2.10. The first-order valence-corrected chi connectivity index (χ1v) is 5.59. The number of halogens is 1. The minimum absolute atomic E-state index is 0.198. The lowest BCUT2D eigenvalue weighted by Gasteiger charge is -1.94. The van der Waals surface area contributed by atoms with E-state index in [1.54, 1.807) is 18.2 Å². The van der Waals surface area contributed by atoms with E-state index in [0.717, 1.165) is 18.7 Å². The van der Waals surface area contributed by atoms with Crippen LogP contribution in [0.15, 0.2) is 35.0 Å². The average molecular weight is 230 g/mol. The van der Waals surface area contributed by atoms with E-state index in [1.807, 2.05) is 0 Å². The molecule has 1 heterocycles. The van der Waals surface area contributed by atoms with Crippen molar-refractivity contribution in [3.8, 4) is 0 Å². The van der Waals surface area contributed by atoms with Crippen molar-refractivity contribution in [3.05, 3.63) is 41.3 Å². The van der Waals surface area contributed by atoms with Crippen molar-refractivity contribution < 1.29 is 9.18 Å². The largest absolute Gasteiger partial charge is 0.308 e. The van der Waals surface area contributed by atoms with Crippen molar-refractivity contribution in [1.82, 2.24) is 5.32 Å². The monoisotopic (exact) mass is 230 g/mol. The van der Waals surface area contributed by atoms with Crippen LogP contribution < -0.4 is 5.32 Å². The van der Waals surface area contributed by atoms with Crippen molar-refractivity contribution in [1.29, 1.82) is 0 Å². The molecular formula is C13H11FN2O. The van der Waals surface area contributed by atoms with Crippen molar-refractivity contribution in [3.63, 3.8) is 0 Å². The second kappa shape index (κ2) is 3.80. The Morgan fingerprint density at radius 1 is 1.41 bits per heavy atom. The maximum Gasteiger partial charge on any atom is 0.275 e. The van der Waals surface area contributed by atoms with Crippen molar-refractivity contribution in [2.45, 2.75) is 12.8 Å². The molecule has 1 aliphatic carbocycles. The average Bonchev–Trinajstić information content (AvgIpc) is 3.06. The molecule has 3 nitrogen and oxygen atoms in total. The summed E-state index contributed by atoms with van der Waals surface area (Å²) in [4.78, 5) is 15.9. The molecule has 3 rings (SSSR count). The van der Waals surface area contributed by atoms with Crippen LogP contribution in [0.4, 0.5) is 4.39 Å². The maximum atomic E-state index is 13.0. The number of amides is 1. The molecule has 1 amide bonds. The number of nitrogens with zero attached hydrogens (tertiary/aromatic N) is 1. The van der Waals surface area contributed by atoms with Gasteiger partial charge in [-0.1, -0.05) is 12.1 Å². The number of amidine groups is 1. The van der Waals surface area contributed by atoms with Crippen molar-refractivity contribution in [2.24, 2.45) is 10.9 Å². The molecule has 17 heavy (non-hydrogen) atoms. The summed E-state index contributed by atoms with van der Waals surface area (Å²) in [5.41, 5.74) is 1.01. The quantitative estimate of drug-likeness (QED) is 0.777. The van der Waals surface area contributed by atoms with E-state index in [4.69, 9.17) is 0 Å². The van der Waals surface area contributed by atoms with Gasteiger partial charge in [0.1, 0.15) is 17.3 Å². The standard InChI is InChI=1S/C13H11FN2O/c14-10-3-1-2-8(6-10)7-11-13(17)16-12(15-11)9-4-5-9/h1-3,6-7,9H,4-5H2,(H,15,16,17)/b11-7+. The van der Waals surface area contributed by atoms with Crippen LogP contribution in [0.3, 0.4) is 0 Å². The van der Waals surface area contributed by atoms with Gasteiger partial charge in [-0.05, 0) is 36.6 Å². The molecule has 1 aromatic carbocycles. The summed E-state index contributed by atoms with van der Waals surface area (Å²) in [7, 11) is 0. The molecule has 0 aromatic heterocycles. The Kier molecular flexibility index (Phi) is 2.28. The zero-order valence-corrected chi connectivity index (χ0v) is 9.11. The fraction of sp³-hybridized carbons (Fsp3) is 0.231. The van der Waals surface area contributed by atoms with Gasteiger partial charge in [0.05, 0.1) is 0 Å².